The first-order valence-corrected chi connectivity index (χ1v) is 5.55. The monoisotopic (exact) mass is 212 g/mol. The molecule has 0 N–H and O–H groups in total. The maximum absolute atomic E-state index is 13.7. The Morgan fingerprint density at radius 2 is 1.67 bits per heavy atom. The summed E-state index contributed by atoms with van der Waals surface area (Å²) in [5, 5.41) is 0. The van der Waals surface area contributed by atoms with Gasteiger partial charge in [0.15, 0.2) is 0 Å². The molecule has 0 aromatic heterocycles. The van der Waals surface area contributed by atoms with Crippen LogP contribution < -0.4 is 0 Å². The summed E-state index contributed by atoms with van der Waals surface area (Å²) in [6.07, 6.45) is 3.82. The normalized spacial score (nSPS) is 29.7. The SMILES string of the molecule is CC1(C)OB(C(F)=CC2CC2)OC1(C)C. The molecule has 0 aromatic rings. The molecule has 2 nitrogen and oxygen atoms in total. The molecule has 2 fully saturated rings. The van der Waals surface area contributed by atoms with Gasteiger partial charge in [0.1, 0.15) is 5.73 Å². The largest absolute Gasteiger partial charge is 0.524 e. The van der Waals surface area contributed by atoms with Crippen molar-refractivity contribution in [2.75, 3.05) is 0 Å². The zero-order valence-electron chi connectivity index (χ0n) is 9.84. The van der Waals surface area contributed by atoms with E-state index in [1.165, 1.54) is 0 Å². The van der Waals surface area contributed by atoms with Crippen molar-refractivity contribution in [3.05, 3.63) is 11.8 Å². The van der Waals surface area contributed by atoms with Crippen LogP contribution in [0.3, 0.4) is 0 Å². The van der Waals surface area contributed by atoms with Crippen LogP contribution in [0.4, 0.5) is 4.39 Å². The molecule has 15 heavy (non-hydrogen) atoms. The number of halogens is 1. The van der Waals surface area contributed by atoms with Gasteiger partial charge in [0.05, 0.1) is 11.2 Å². The van der Waals surface area contributed by atoms with Crippen LogP contribution >= 0.6 is 0 Å². The van der Waals surface area contributed by atoms with Gasteiger partial charge in [0, 0.05) is 0 Å². The number of rotatable bonds is 2. The summed E-state index contributed by atoms with van der Waals surface area (Å²) in [6.45, 7) is 7.71. The lowest BCUT2D eigenvalue weighted by atomic mass is 9.87. The number of allylic oxidation sites excluding steroid dienone is 1. The number of hydrogen-bond acceptors (Lipinski definition) is 2. The molecule has 0 atom stereocenters. The third-order valence-corrected chi connectivity index (χ3v) is 3.50. The Hall–Kier alpha value is -0.345. The van der Waals surface area contributed by atoms with Crippen LogP contribution in [0.2, 0.25) is 0 Å². The molecule has 1 aliphatic carbocycles. The van der Waals surface area contributed by atoms with E-state index in [0.29, 0.717) is 5.92 Å². The predicted octanol–water partition coefficient (Wildman–Crippen LogP) is 2.88. The quantitative estimate of drug-likeness (QED) is 0.655. The summed E-state index contributed by atoms with van der Waals surface area (Å²) >= 11 is 0. The van der Waals surface area contributed by atoms with Crippen LogP contribution in [0.25, 0.3) is 0 Å². The lowest BCUT2D eigenvalue weighted by molar-refractivity contribution is 0.00578. The summed E-state index contributed by atoms with van der Waals surface area (Å²) in [6, 6.07) is 0. The molecule has 0 radical (unpaired) electrons. The Morgan fingerprint density at radius 1 is 1.20 bits per heavy atom. The van der Waals surface area contributed by atoms with Gasteiger partial charge >= 0.3 is 7.12 Å². The zero-order valence-corrected chi connectivity index (χ0v) is 9.84. The minimum absolute atomic E-state index is 0.267. The van der Waals surface area contributed by atoms with Gasteiger partial charge in [-0.15, -0.1) is 0 Å². The van der Waals surface area contributed by atoms with Crippen molar-refractivity contribution in [2.45, 2.75) is 51.7 Å². The van der Waals surface area contributed by atoms with Gasteiger partial charge in [-0.05, 0) is 46.5 Å². The molecule has 84 valence electrons. The highest BCUT2D eigenvalue weighted by atomic mass is 19.1. The van der Waals surface area contributed by atoms with Crippen molar-refractivity contribution in [3.63, 3.8) is 0 Å². The van der Waals surface area contributed by atoms with Crippen LogP contribution in [0, 0.1) is 5.92 Å². The van der Waals surface area contributed by atoms with Crippen LogP contribution in [-0.2, 0) is 9.31 Å². The highest BCUT2D eigenvalue weighted by Crippen LogP contribution is 2.40. The third kappa shape index (κ3) is 2.11. The van der Waals surface area contributed by atoms with Gasteiger partial charge in [-0.3, -0.25) is 0 Å². The van der Waals surface area contributed by atoms with Gasteiger partial charge in [-0.2, -0.15) is 0 Å². The van der Waals surface area contributed by atoms with Gasteiger partial charge in [0.2, 0.25) is 0 Å². The summed E-state index contributed by atoms with van der Waals surface area (Å²) in [7, 11) is -0.810. The van der Waals surface area contributed by atoms with Crippen molar-refractivity contribution in [1.82, 2.24) is 0 Å². The molecule has 0 amide bonds. The summed E-state index contributed by atoms with van der Waals surface area (Å²) in [5.41, 5.74) is -1.17. The highest BCUT2D eigenvalue weighted by Gasteiger charge is 2.53. The second kappa shape index (κ2) is 3.32. The van der Waals surface area contributed by atoms with Crippen LogP contribution in [0.15, 0.2) is 11.8 Å². The fourth-order valence-corrected chi connectivity index (χ4v) is 1.52. The van der Waals surface area contributed by atoms with E-state index in [9.17, 15) is 4.39 Å². The average molecular weight is 212 g/mol. The average Bonchev–Trinajstić information content (AvgIpc) is 2.81. The summed E-state index contributed by atoms with van der Waals surface area (Å²) in [5.74, 6) is 0.407. The molecule has 1 heterocycles. The molecule has 0 unspecified atom stereocenters. The van der Waals surface area contributed by atoms with E-state index >= 15 is 0 Å². The van der Waals surface area contributed by atoms with Crippen molar-refractivity contribution >= 4 is 7.12 Å². The zero-order chi connectivity index (χ0) is 11.3. The van der Waals surface area contributed by atoms with Crippen molar-refractivity contribution in [3.8, 4) is 0 Å². The summed E-state index contributed by atoms with van der Waals surface area (Å²) < 4.78 is 24.9. The lowest BCUT2D eigenvalue weighted by Gasteiger charge is -2.32. The van der Waals surface area contributed by atoms with Gasteiger partial charge in [-0.1, -0.05) is 6.08 Å². The Morgan fingerprint density at radius 3 is 2.07 bits per heavy atom. The Balaban J connectivity index is 2.08. The highest BCUT2D eigenvalue weighted by molar-refractivity contribution is 6.53. The fraction of sp³-hybridized carbons (Fsp3) is 0.818. The minimum Gasteiger partial charge on any atom is -0.398 e. The van der Waals surface area contributed by atoms with Gasteiger partial charge < -0.3 is 9.31 Å². The Bertz CT molecular complexity index is 279. The smallest absolute Gasteiger partial charge is 0.398 e. The fourth-order valence-electron chi connectivity index (χ4n) is 1.52. The molecule has 2 aliphatic rings. The summed E-state index contributed by atoms with van der Waals surface area (Å²) in [4.78, 5) is 0. The maximum Gasteiger partial charge on any atom is 0.524 e. The van der Waals surface area contributed by atoms with Gasteiger partial charge in [-0.25, -0.2) is 4.39 Å². The van der Waals surface area contributed by atoms with Crippen LogP contribution in [0.5, 0.6) is 0 Å². The van der Waals surface area contributed by atoms with E-state index in [1.807, 2.05) is 27.7 Å². The van der Waals surface area contributed by atoms with E-state index in [1.54, 1.807) is 6.08 Å². The third-order valence-electron chi connectivity index (χ3n) is 3.50. The lowest BCUT2D eigenvalue weighted by Crippen LogP contribution is -2.41. The minimum atomic E-state index is -0.810. The molecular formula is C11H18BFO2. The van der Waals surface area contributed by atoms with Crippen molar-refractivity contribution < 1.29 is 13.7 Å². The second-order valence-electron chi connectivity index (χ2n) is 5.48. The van der Waals surface area contributed by atoms with Crippen molar-refractivity contribution in [1.29, 1.82) is 0 Å². The van der Waals surface area contributed by atoms with Crippen LogP contribution in [0.1, 0.15) is 40.5 Å². The molecule has 1 saturated heterocycles. The van der Waals surface area contributed by atoms with E-state index < -0.39 is 18.3 Å². The molecule has 0 aromatic carbocycles. The first kappa shape index (κ1) is 11.1. The van der Waals surface area contributed by atoms with Gasteiger partial charge in [0.25, 0.3) is 0 Å². The topological polar surface area (TPSA) is 18.5 Å². The van der Waals surface area contributed by atoms with Crippen molar-refractivity contribution in [2.24, 2.45) is 5.92 Å². The van der Waals surface area contributed by atoms with E-state index in [-0.39, 0.29) is 5.73 Å². The maximum atomic E-state index is 13.7. The predicted molar refractivity (Wildman–Crippen MR) is 58.0 cm³/mol. The molecule has 2 rings (SSSR count). The van der Waals surface area contributed by atoms with E-state index in [0.717, 1.165) is 12.8 Å². The first-order chi connectivity index (χ1) is 6.82. The Kier molecular flexibility index (Phi) is 2.47. The first-order valence-electron chi connectivity index (χ1n) is 5.55. The van der Waals surface area contributed by atoms with Crippen LogP contribution in [-0.4, -0.2) is 18.3 Å². The molecular weight excluding hydrogens is 194 g/mol. The molecule has 0 spiro atoms. The molecule has 0 bridgehead atoms. The molecule has 1 aliphatic heterocycles. The number of hydrogen-bond donors (Lipinski definition) is 0. The second-order valence-corrected chi connectivity index (χ2v) is 5.48. The molecule has 1 saturated carbocycles. The van der Waals surface area contributed by atoms with E-state index in [2.05, 4.69) is 0 Å². The molecule has 4 heteroatoms. The van der Waals surface area contributed by atoms with E-state index in [4.69, 9.17) is 9.31 Å². The Labute approximate surface area is 91.0 Å². The standard InChI is InChI=1S/C11H18BFO2/c1-10(2)11(3,4)15-12(14-10)9(13)7-8-5-6-8/h7-8H,5-6H2,1-4H3.